The van der Waals surface area contributed by atoms with Crippen LogP contribution in [0.5, 0.6) is 0 Å². The molecule has 0 radical (unpaired) electrons. The molecule has 0 aliphatic carbocycles. The van der Waals surface area contributed by atoms with Crippen molar-refractivity contribution < 1.29 is 4.74 Å². The van der Waals surface area contributed by atoms with Gasteiger partial charge in [0.1, 0.15) is 0 Å². The second-order valence-electron chi connectivity index (χ2n) is 6.25. The number of hydrogen-bond acceptors (Lipinski definition) is 1. The van der Waals surface area contributed by atoms with Crippen molar-refractivity contribution in [1.29, 1.82) is 0 Å². The lowest BCUT2D eigenvalue weighted by atomic mass is 10.0. The van der Waals surface area contributed by atoms with Gasteiger partial charge in [-0.2, -0.15) is 0 Å². The number of ether oxygens (including phenoxy) is 1. The molecule has 1 nitrogen and oxygen atoms in total. The Morgan fingerprint density at radius 2 is 1.16 bits per heavy atom. The second kappa shape index (κ2) is 11.4. The van der Waals surface area contributed by atoms with Crippen molar-refractivity contribution in [2.75, 3.05) is 0 Å². The first-order chi connectivity index (χ1) is 9.29. The predicted molar refractivity (Wildman–Crippen MR) is 84.3 cm³/mol. The quantitative estimate of drug-likeness (QED) is 0.494. The molecule has 0 aromatic heterocycles. The van der Waals surface area contributed by atoms with Crippen molar-refractivity contribution in [2.45, 2.75) is 103 Å². The molecule has 112 valence electrons. The van der Waals surface area contributed by atoms with E-state index in [0.717, 1.165) is 12.2 Å². The highest BCUT2D eigenvalue weighted by atomic mass is 16.5. The van der Waals surface area contributed by atoms with Crippen LogP contribution in [-0.4, -0.2) is 6.10 Å². The molecule has 1 fully saturated rings. The van der Waals surface area contributed by atoms with E-state index in [4.69, 9.17) is 4.74 Å². The van der Waals surface area contributed by atoms with E-state index in [1.165, 1.54) is 83.5 Å². The lowest BCUT2D eigenvalue weighted by Gasteiger charge is -2.16. The zero-order valence-corrected chi connectivity index (χ0v) is 13.1. The predicted octanol–water partition coefficient (Wildman–Crippen LogP) is 6.38. The molecule has 1 atom stereocenters. The highest BCUT2D eigenvalue weighted by molar-refractivity contribution is 4.83. The van der Waals surface area contributed by atoms with E-state index in [2.05, 4.69) is 13.5 Å². The van der Waals surface area contributed by atoms with E-state index in [1.807, 2.05) is 0 Å². The summed E-state index contributed by atoms with van der Waals surface area (Å²) in [5.74, 6) is 1.01. The van der Waals surface area contributed by atoms with Crippen LogP contribution in [0.25, 0.3) is 0 Å². The third-order valence-electron chi connectivity index (χ3n) is 4.18. The monoisotopic (exact) mass is 266 g/mol. The van der Waals surface area contributed by atoms with E-state index in [0.29, 0.717) is 6.10 Å². The van der Waals surface area contributed by atoms with Gasteiger partial charge in [0.2, 0.25) is 0 Å². The van der Waals surface area contributed by atoms with Crippen LogP contribution in [0.4, 0.5) is 0 Å². The van der Waals surface area contributed by atoms with Crippen LogP contribution < -0.4 is 0 Å². The minimum Gasteiger partial charge on any atom is -0.496 e. The van der Waals surface area contributed by atoms with Gasteiger partial charge in [-0.1, -0.05) is 70.8 Å². The Balaban J connectivity index is 2.21. The summed E-state index contributed by atoms with van der Waals surface area (Å²) in [6.07, 6.45) is 19.4. The molecule has 1 aliphatic heterocycles. The van der Waals surface area contributed by atoms with Crippen LogP contribution in [0.15, 0.2) is 12.3 Å². The van der Waals surface area contributed by atoms with E-state index >= 15 is 0 Å². The fourth-order valence-electron chi connectivity index (χ4n) is 2.92. The first kappa shape index (κ1) is 16.6. The minimum atomic E-state index is 0.364. The normalized spacial score (nSPS) is 26.4. The Kier molecular flexibility index (Phi) is 9.93. The molecule has 1 saturated heterocycles. The maximum absolute atomic E-state index is 5.88. The molecule has 0 amide bonds. The van der Waals surface area contributed by atoms with Gasteiger partial charge in [0.05, 0.1) is 11.9 Å². The van der Waals surface area contributed by atoms with Gasteiger partial charge in [-0.25, -0.2) is 0 Å². The number of rotatable bonds is 0. The molecule has 1 rings (SSSR count). The standard InChI is InChI=1S/C18H34O/c1-17-15-13-11-9-7-5-3-4-6-8-10-12-14-16-18(2)19-17/h18H,1,3-16H2,2H3. The molecule has 19 heavy (non-hydrogen) atoms. The van der Waals surface area contributed by atoms with Crippen LogP contribution in [-0.2, 0) is 4.74 Å². The Morgan fingerprint density at radius 3 is 1.68 bits per heavy atom. The molecular formula is C18H34O. The lowest BCUT2D eigenvalue weighted by molar-refractivity contribution is 0.114. The van der Waals surface area contributed by atoms with Gasteiger partial charge in [-0.15, -0.1) is 0 Å². The molecule has 0 aromatic carbocycles. The van der Waals surface area contributed by atoms with E-state index < -0.39 is 0 Å². The first-order valence-electron chi connectivity index (χ1n) is 8.63. The van der Waals surface area contributed by atoms with Crippen molar-refractivity contribution >= 4 is 0 Å². The first-order valence-corrected chi connectivity index (χ1v) is 8.63. The van der Waals surface area contributed by atoms with Crippen LogP contribution in [0, 0.1) is 0 Å². The molecule has 0 spiro atoms. The smallest absolute Gasteiger partial charge is 0.0954 e. The van der Waals surface area contributed by atoms with E-state index in [9.17, 15) is 0 Å². The van der Waals surface area contributed by atoms with Gasteiger partial charge in [0.15, 0.2) is 0 Å². The average Bonchev–Trinajstić information content (AvgIpc) is 2.38. The maximum Gasteiger partial charge on any atom is 0.0954 e. The topological polar surface area (TPSA) is 9.23 Å². The van der Waals surface area contributed by atoms with Gasteiger partial charge < -0.3 is 4.74 Å². The molecule has 0 N–H and O–H groups in total. The molecule has 1 heterocycles. The summed E-state index contributed by atoms with van der Waals surface area (Å²) in [6, 6.07) is 0. The molecular weight excluding hydrogens is 232 g/mol. The van der Waals surface area contributed by atoms with Crippen molar-refractivity contribution in [1.82, 2.24) is 0 Å². The molecule has 1 aliphatic rings. The zero-order valence-electron chi connectivity index (χ0n) is 13.1. The summed E-state index contributed by atoms with van der Waals surface area (Å²) in [5.41, 5.74) is 0. The van der Waals surface area contributed by atoms with Crippen LogP contribution in [0.3, 0.4) is 0 Å². The summed E-state index contributed by atoms with van der Waals surface area (Å²) in [6.45, 7) is 6.25. The minimum absolute atomic E-state index is 0.364. The third-order valence-corrected chi connectivity index (χ3v) is 4.18. The van der Waals surface area contributed by atoms with Crippen molar-refractivity contribution in [3.63, 3.8) is 0 Å². The fourth-order valence-corrected chi connectivity index (χ4v) is 2.92. The van der Waals surface area contributed by atoms with Gasteiger partial charge in [-0.05, 0) is 26.2 Å². The number of hydrogen-bond donors (Lipinski definition) is 0. The fraction of sp³-hybridized carbons (Fsp3) is 0.889. The average molecular weight is 266 g/mol. The second-order valence-corrected chi connectivity index (χ2v) is 6.25. The summed E-state index contributed by atoms with van der Waals surface area (Å²) in [4.78, 5) is 0. The van der Waals surface area contributed by atoms with Crippen LogP contribution >= 0.6 is 0 Å². The molecule has 0 saturated carbocycles. The Hall–Kier alpha value is -0.460. The van der Waals surface area contributed by atoms with Crippen LogP contribution in [0.1, 0.15) is 96.8 Å². The van der Waals surface area contributed by atoms with Gasteiger partial charge in [0.25, 0.3) is 0 Å². The van der Waals surface area contributed by atoms with Crippen molar-refractivity contribution in [3.8, 4) is 0 Å². The maximum atomic E-state index is 5.88. The Morgan fingerprint density at radius 1 is 0.737 bits per heavy atom. The van der Waals surface area contributed by atoms with E-state index in [-0.39, 0.29) is 0 Å². The molecule has 0 bridgehead atoms. The lowest BCUT2D eigenvalue weighted by Crippen LogP contribution is -2.07. The summed E-state index contributed by atoms with van der Waals surface area (Å²) >= 11 is 0. The highest BCUT2D eigenvalue weighted by Gasteiger charge is 2.05. The Bertz CT molecular complexity index is 222. The van der Waals surface area contributed by atoms with Crippen LogP contribution in [0.2, 0.25) is 0 Å². The van der Waals surface area contributed by atoms with Gasteiger partial charge in [-0.3, -0.25) is 0 Å². The molecule has 1 heteroatoms. The SMILES string of the molecule is C=C1CCCCCCCCCCCCCCC(C)O1. The summed E-state index contributed by atoms with van der Waals surface area (Å²) in [5, 5.41) is 0. The van der Waals surface area contributed by atoms with Gasteiger partial charge in [0, 0.05) is 6.42 Å². The third kappa shape index (κ3) is 10.0. The van der Waals surface area contributed by atoms with Crippen molar-refractivity contribution in [3.05, 3.63) is 12.3 Å². The van der Waals surface area contributed by atoms with Gasteiger partial charge >= 0.3 is 0 Å². The Labute approximate surface area is 120 Å². The zero-order chi connectivity index (χ0) is 13.8. The highest BCUT2D eigenvalue weighted by Crippen LogP contribution is 2.18. The van der Waals surface area contributed by atoms with E-state index in [1.54, 1.807) is 0 Å². The molecule has 1 unspecified atom stereocenters. The number of allylic oxidation sites excluding steroid dienone is 1. The molecule has 0 aromatic rings. The summed E-state index contributed by atoms with van der Waals surface area (Å²) in [7, 11) is 0. The summed E-state index contributed by atoms with van der Waals surface area (Å²) < 4.78 is 5.88. The van der Waals surface area contributed by atoms with Crippen molar-refractivity contribution in [2.24, 2.45) is 0 Å². The largest absolute Gasteiger partial charge is 0.496 e.